The summed E-state index contributed by atoms with van der Waals surface area (Å²) in [6.07, 6.45) is 0.775. The van der Waals surface area contributed by atoms with E-state index in [1.165, 1.54) is 12.5 Å². The van der Waals surface area contributed by atoms with Gasteiger partial charge >= 0.3 is 6.18 Å². The van der Waals surface area contributed by atoms with Gasteiger partial charge in [-0.3, -0.25) is 0 Å². The molecule has 118 valence electrons. The maximum atomic E-state index is 14.2. The van der Waals surface area contributed by atoms with E-state index in [-0.39, 0.29) is 11.7 Å². The molecule has 1 fully saturated rings. The Kier molecular flexibility index (Phi) is 5.52. The second kappa shape index (κ2) is 6.99. The first-order chi connectivity index (χ1) is 9.93. The molecular weight excluding hydrogens is 350 g/mol. The lowest BCUT2D eigenvalue weighted by Crippen LogP contribution is -2.38. The molecule has 2 rings (SSSR count). The highest BCUT2D eigenvalue weighted by molar-refractivity contribution is 9.09. The summed E-state index contributed by atoms with van der Waals surface area (Å²) in [5, 5.41) is 0.657. The van der Waals surface area contributed by atoms with Gasteiger partial charge in [-0.05, 0) is 31.0 Å². The Morgan fingerprint density at radius 1 is 1.14 bits per heavy atom. The molecule has 0 heterocycles. The molecule has 0 aromatic heterocycles. The van der Waals surface area contributed by atoms with Crippen LogP contribution in [0.15, 0.2) is 18.2 Å². The maximum absolute atomic E-state index is 14.2. The first-order valence-electron chi connectivity index (χ1n) is 7.13. The van der Waals surface area contributed by atoms with E-state index in [9.17, 15) is 17.6 Å². The number of halogens is 5. The van der Waals surface area contributed by atoms with Crippen molar-refractivity contribution >= 4 is 21.6 Å². The molecule has 1 aromatic carbocycles. The molecular formula is C15H18BrF4N. The normalized spacial score (nSPS) is 17.0. The van der Waals surface area contributed by atoms with Crippen LogP contribution in [0.3, 0.4) is 0 Å². The summed E-state index contributed by atoms with van der Waals surface area (Å²) in [7, 11) is 0. The smallest absolute Gasteiger partial charge is 0.365 e. The van der Waals surface area contributed by atoms with Crippen LogP contribution in [0, 0.1) is 5.82 Å². The van der Waals surface area contributed by atoms with Crippen molar-refractivity contribution in [2.75, 3.05) is 16.8 Å². The average Bonchev–Trinajstić information content (AvgIpc) is 2.45. The predicted molar refractivity (Wildman–Crippen MR) is 79.4 cm³/mol. The molecule has 0 aliphatic heterocycles. The third-order valence-electron chi connectivity index (χ3n) is 3.93. The molecule has 0 N–H and O–H groups in total. The summed E-state index contributed by atoms with van der Waals surface area (Å²) in [6.45, 7) is 0.590. The minimum Gasteiger partial charge on any atom is -0.365 e. The third kappa shape index (κ3) is 4.11. The molecule has 0 saturated heterocycles. The van der Waals surface area contributed by atoms with Gasteiger partial charge in [-0.2, -0.15) is 13.2 Å². The Hall–Kier alpha value is -0.780. The molecule has 21 heavy (non-hydrogen) atoms. The fourth-order valence-electron chi connectivity index (χ4n) is 2.90. The topological polar surface area (TPSA) is 3.24 Å². The van der Waals surface area contributed by atoms with Crippen molar-refractivity contribution in [3.05, 3.63) is 29.6 Å². The summed E-state index contributed by atoms with van der Waals surface area (Å²) in [5.74, 6) is -0.795. The van der Waals surface area contributed by atoms with Crippen LogP contribution in [-0.4, -0.2) is 17.9 Å². The lowest BCUT2D eigenvalue weighted by molar-refractivity contribution is -0.137. The third-order valence-corrected chi connectivity index (χ3v) is 4.28. The lowest BCUT2D eigenvalue weighted by atomic mass is 9.93. The van der Waals surface area contributed by atoms with Gasteiger partial charge in [0.05, 0.1) is 11.3 Å². The van der Waals surface area contributed by atoms with Crippen LogP contribution < -0.4 is 4.90 Å². The van der Waals surface area contributed by atoms with Gasteiger partial charge in [0.1, 0.15) is 5.82 Å². The van der Waals surface area contributed by atoms with Crippen LogP contribution in [0.4, 0.5) is 23.2 Å². The Bertz CT molecular complexity index is 469. The number of hydrogen-bond donors (Lipinski definition) is 0. The highest BCUT2D eigenvalue weighted by Crippen LogP contribution is 2.34. The molecule has 0 amide bonds. The van der Waals surface area contributed by atoms with Gasteiger partial charge in [-0.1, -0.05) is 35.2 Å². The summed E-state index contributed by atoms with van der Waals surface area (Å²) in [5.41, 5.74) is -0.666. The van der Waals surface area contributed by atoms with Crippen molar-refractivity contribution in [2.24, 2.45) is 0 Å². The van der Waals surface area contributed by atoms with Gasteiger partial charge in [-0.15, -0.1) is 0 Å². The zero-order chi connectivity index (χ0) is 15.5. The highest BCUT2D eigenvalue weighted by Gasteiger charge is 2.32. The zero-order valence-electron chi connectivity index (χ0n) is 11.6. The van der Waals surface area contributed by atoms with Crippen molar-refractivity contribution in [1.29, 1.82) is 0 Å². The van der Waals surface area contributed by atoms with Gasteiger partial charge < -0.3 is 4.90 Å². The van der Waals surface area contributed by atoms with Crippen molar-refractivity contribution < 1.29 is 17.6 Å². The minimum absolute atomic E-state index is 0.211. The monoisotopic (exact) mass is 367 g/mol. The van der Waals surface area contributed by atoms with E-state index in [4.69, 9.17) is 0 Å². The number of anilines is 1. The second-order valence-corrected chi connectivity index (χ2v) is 6.13. The molecule has 1 aliphatic carbocycles. The Balaban J connectivity index is 2.27. The largest absolute Gasteiger partial charge is 0.416 e. The number of benzene rings is 1. The van der Waals surface area contributed by atoms with Crippen molar-refractivity contribution in [2.45, 2.75) is 44.3 Å². The Labute approximate surface area is 130 Å². The summed E-state index contributed by atoms with van der Waals surface area (Å²) in [4.78, 5) is 1.91. The van der Waals surface area contributed by atoms with Gasteiger partial charge in [0.2, 0.25) is 0 Å². The number of rotatable bonds is 4. The molecule has 1 aliphatic rings. The Morgan fingerprint density at radius 2 is 1.81 bits per heavy atom. The van der Waals surface area contributed by atoms with E-state index in [0.717, 1.165) is 31.7 Å². The number of alkyl halides is 4. The van der Waals surface area contributed by atoms with E-state index >= 15 is 0 Å². The molecule has 1 saturated carbocycles. The molecule has 6 heteroatoms. The molecule has 0 unspecified atom stereocenters. The van der Waals surface area contributed by atoms with E-state index in [2.05, 4.69) is 15.9 Å². The molecule has 0 bridgehead atoms. The number of hydrogen-bond acceptors (Lipinski definition) is 1. The van der Waals surface area contributed by atoms with Crippen molar-refractivity contribution in [3.63, 3.8) is 0 Å². The van der Waals surface area contributed by atoms with E-state index in [1.54, 1.807) is 0 Å². The van der Waals surface area contributed by atoms with Crippen LogP contribution in [-0.2, 0) is 6.18 Å². The summed E-state index contributed by atoms with van der Waals surface area (Å²) >= 11 is 3.34. The van der Waals surface area contributed by atoms with Crippen LogP contribution in [0.2, 0.25) is 0 Å². The van der Waals surface area contributed by atoms with Gasteiger partial charge in [-0.25, -0.2) is 4.39 Å². The summed E-state index contributed by atoms with van der Waals surface area (Å²) < 4.78 is 52.0. The first kappa shape index (κ1) is 16.6. The SMILES string of the molecule is Fc1cc(C(F)(F)F)ccc1N(CCBr)C1CCCCC1. The quantitative estimate of drug-likeness (QED) is 0.510. The van der Waals surface area contributed by atoms with E-state index in [1.807, 2.05) is 4.90 Å². The van der Waals surface area contributed by atoms with Crippen LogP contribution in [0.5, 0.6) is 0 Å². The van der Waals surface area contributed by atoms with Crippen molar-refractivity contribution in [3.8, 4) is 0 Å². The van der Waals surface area contributed by atoms with Crippen LogP contribution >= 0.6 is 15.9 Å². The Morgan fingerprint density at radius 3 is 2.33 bits per heavy atom. The molecule has 1 aromatic rings. The van der Waals surface area contributed by atoms with E-state index < -0.39 is 17.6 Å². The van der Waals surface area contributed by atoms with E-state index in [0.29, 0.717) is 17.9 Å². The van der Waals surface area contributed by atoms with Gasteiger partial charge in [0, 0.05) is 17.9 Å². The predicted octanol–water partition coefficient (Wildman–Crippen LogP) is 5.38. The van der Waals surface area contributed by atoms with Crippen LogP contribution in [0.25, 0.3) is 0 Å². The number of nitrogens with zero attached hydrogens (tertiary/aromatic N) is 1. The standard InChI is InChI=1S/C15H18BrF4N/c16-8-9-21(12-4-2-1-3-5-12)14-7-6-11(10-13(14)17)15(18,19)20/h6-7,10,12H,1-5,8-9H2. The zero-order valence-corrected chi connectivity index (χ0v) is 13.2. The lowest BCUT2D eigenvalue weighted by Gasteiger charge is -2.36. The molecule has 1 nitrogen and oxygen atoms in total. The minimum atomic E-state index is -4.51. The molecule has 0 atom stereocenters. The fraction of sp³-hybridized carbons (Fsp3) is 0.600. The van der Waals surface area contributed by atoms with Gasteiger partial charge in [0.25, 0.3) is 0 Å². The maximum Gasteiger partial charge on any atom is 0.416 e. The second-order valence-electron chi connectivity index (χ2n) is 5.34. The molecule has 0 radical (unpaired) electrons. The highest BCUT2D eigenvalue weighted by atomic mass is 79.9. The van der Waals surface area contributed by atoms with Gasteiger partial charge in [0.15, 0.2) is 0 Å². The van der Waals surface area contributed by atoms with Crippen molar-refractivity contribution in [1.82, 2.24) is 0 Å². The fourth-order valence-corrected chi connectivity index (χ4v) is 3.28. The first-order valence-corrected chi connectivity index (χ1v) is 8.25. The molecule has 0 spiro atoms. The van der Waals surface area contributed by atoms with Crippen LogP contribution in [0.1, 0.15) is 37.7 Å². The summed E-state index contributed by atoms with van der Waals surface area (Å²) in [6, 6.07) is 3.03. The average molecular weight is 368 g/mol.